The third-order valence-electron chi connectivity index (χ3n) is 6.43. The van der Waals surface area contributed by atoms with Gasteiger partial charge in [-0.15, -0.1) is 6.58 Å². The van der Waals surface area contributed by atoms with Crippen LogP contribution in [0.1, 0.15) is 80.2 Å². The molecular formula is C28H33F3O. The van der Waals surface area contributed by atoms with Crippen LogP contribution in [0.25, 0.3) is 0 Å². The van der Waals surface area contributed by atoms with Gasteiger partial charge in [0, 0.05) is 0 Å². The molecule has 2 aromatic rings. The number of benzene rings is 2. The van der Waals surface area contributed by atoms with Gasteiger partial charge in [0.1, 0.15) is 5.82 Å². The molecule has 1 fully saturated rings. The van der Waals surface area contributed by atoms with Crippen LogP contribution in [0.2, 0.25) is 0 Å². The van der Waals surface area contributed by atoms with Crippen molar-refractivity contribution in [1.82, 2.24) is 0 Å². The standard InChI is InChI=1S/C28H33F3O/c1-4-6-8-22-9-13-23(14-10-22)20(3)32-28(30,31)26-18-17-25(19-27(26)29)24-15-11-21(7-5-2)12-16-24/h4-5,7,9-10,13-14,17-21,24H,1,6,8,11-12,15-16H2,2-3H3/b7-5+. The minimum Gasteiger partial charge on any atom is -0.309 e. The van der Waals surface area contributed by atoms with Gasteiger partial charge in [0.25, 0.3) is 0 Å². The minimum atomic E-state index is -3.72. The first kappa shape index (κ1) is 24.3. The molecule has 1 aliphatic rings. The van der Waals surface area contributed by atoms with Gasteiger partial charge in [-0.1, -0.05) is 48.6 Å². The highest BCUT2D eigenvalue weighted by atomic mass is 19.3. The number of hydrogen-bond acceptors (Lipinski definition) is 1. The molecule has 0 N–H and O–H groups in total. The number of allylic oxidation sites excluding steroid dienone is 3. The lowest BCUT2D eigenvalue weighted by atomic mass is 9.78. The molecule has 0 heterocycles. The Balaban J connectivity index is 1.66. The lowest BCUT2D eigenvalue weighted by Gasteiger charge is -2.28. The predicted octanol–water partition coefficient (Wildman–Crippen LogP) is 8.62. The number of aryl methyl sites for hydroxylation is 1. The summed E-state index contributed by atoms with van der Waals surface area (Å²) in [5, 5.41) is 0. The van der Waals surface area contributed by atoms with Crippen molar-refractivity contribution in [2.45, 2.75) is 70.5 Å². The zero-order valence-electron chi connectivity index (χ0n) is 19.0. The molecule has 0 bridgehead atoms. The van der Waals surface area contributed by atoms with Gasteiger partial charge in [-0.05, 0) is 93.0 Å². The Morgan fingerprint density at radius 2 is 1.78 bits per heavy atom. The van der Waals surface area contributed by atoms with Crippen LogP contribution in [0, 0.1) is 11.7 Å². The van der Waals surface area contributed by atoms with Crippen LogP contribution in [0.5, 0.6) is 0 Å². The quantitative estimate of drug-likeness (QED) is 0.353. The summed E-state index contributed by atoms with van der Waals surface area (Å²) in [6.07, 6.45) is 7.22. The van der Waals surface area contributed by atoms with Gasteiger partial charge in [0.2, 0.25) is 0 Å². The summed E-state index contributed by atoms with van der Waals surface area (Å²) in [6, 6.07) is 11.5. The van der Waals surface area contributed by atoms with Gasteiger partial charge in [0.05, 0.1) is 11.7 Å². The van der Waals surface area contributed by atoms with Crippen molar-refractivity contribution in [2.24, 2.45) is 5.92 Å². The number of halogens is 3. The maximum absolute atomic E-state index is 14.8. The Hall–Kier alpha value is -2.33. The summed E-state index contributed by atoms with van der Waals surface area (Å²) in [5.41, 5.74) is 1.82. The molecule has 32 heavy (non-hydrogen) atoms. The van der Waals surface area contributed by atoms with E-state index in [1.165, 1.54) is 12.1 Å². The fourth-order valence-corrected chi connectivity index (χ4v) is 4.52. The summed E-state index contributed by atoms with van der Waals surface area (Å²) in [6.45, 7) is 7.28. The maximum atomic E-state index is 14.8. The fourth-order valence-electron chi connectivity index (χ4n) is 4.52. The lowest BCUT2D eigenvalue weighted by Crippen LogP contribution is -2.22. The monoisotopic (exact) mass is 442 g/mol. The van der Waals surface area contributed by atoms with Crippen LogP contribution in [0.3, 0.4) is 0 Å². The topological polar surface area (TPSA) is 9.23 Å². The van der Waals surface area contributed by atoms with Crippen molar-refractivity contribution in [1.29, 1.82) is 0 Å². The Labute approximate surface area is 190 Å². The van der Waals surface area contributed by atoms with E-state index in [0.717, 1.165) is 49.7 Å². The van der Waals surface area contributed by atoms with Crippen molar-refractivity contribution < 1.29 is 17.9 Å². The first-order chi connectivity index (χ1) is 15.3. The van der Waals surface area contributed by atoms with Crippen LogP contribution in [0.15, 0.2) is 67.3 Å². The normalized spacial score (nSPS) is 20.4. The molecule has 1 nitrogen and oxygen atoms in total. The molecule has 172 valence electrons. The second-order valence-corrected chi connectivity index (χ2v) is 8.72. The van der Waals surface area contributed by atoms with E-state index in [-0.39, 0.29) is 5.92 Å². The van der Waals surface area contributed by atoms with Gasteiger partial charge < -0.3 is 4.74 Å². The zero-order chi connectivity index (χ0) is 23.1. The molecule has 0 radical (unpaired) electrons. The van der Waals surface area contributed by atoms with Gasteiger partial charge in [-0.2, -0.15) is 8.78 Å². The van der Waals surface area contributed by atoms with Crippen molar-refractivity contribution in [3.63, 3.8) is 0 Å². The highest BCUT2D eigenvalue weighted by molar-refractivity contribution is 5.30. The molecule has 1 saturated carbocycles. The molecule has 1 unspecified atom stereocenters. The lowest BCUT2D eigenvalue weighted by molar-refractivity contribution is -0.273. The first-order valence-corrected chi connectivity index (χ1v) is 11.5. The average molecular weight is 443 g/mol. The second-order valence-electron chi connectivity index (χ2n) is 8.72. The fraction of sp³-hybridized carbons (Fsp3) is 0.429. The van der Waals surface area contributed by atoms with Crippen LogP contribution in [0.4, 0.5) is 13.2 Å². The average Bonchev–Trinajstić information content (AvgIpc) is 2.78. The van der Waals surface area contributed by atoms with E-state index >= 15 is 0 Å². The molecule has 0 aliphatic heterocycles. The highest BCUT2D eigenvalue weighted by Gasteiger charge is 2.38. The largest absolute Gasteiger partial charge is 0.386 e. The molecule has 0 aromatic heterocycles. The van der Waals surface area contributed by atoms with Crippen LogP contribution in [-0.2, 0) is 17.3 Å². The molecule has 0 spiro atoms. The molecule has 0 amide bonds. The van der Waals surface area contributed by atoms with Gasteiger partial charge >= 0.3 is 6.11 Å². The van der Waals surface area contributed by atoms with Crippen LogP contribution < -0.4 is 0 Å². The van der Waals surface area contributed by atoms with Crippen molar-refractivity contribution in [2.75, 3.05) is 0 Å². The number of rotatable bonds is 9. The predicted molar refractivity (Wildman–Crippen MR) is 124 cm³/mol. The van der Waals surface area contributed by atoms with E-state index in [4.69, 9.17) is 4.74 Å². The molecule has 4 heteroatoms. The Kier molecular flexibility index (Phi) is 8.36. The third-order valence-corrected chi connectivity index (χ3v) is 6.43. The van der Waals surface area contributed by atoms with Crippen LogP contribution >= 0.6 is 0 Å². The van der Waals surface area contributed by atoms with E-state index in [9.17, 15) is 13.2 Å². The molecule has 2 aromatic carbocycles. The van der Waals surface area contributed by atoms with E-state index in [1.807, 2.05) is 25.1 Å². The van der Waals surface area contributed by atoms with Crippen molar-refractivity contribution in [3.8, 4) is 0 Å². The third kappa shape index (κ3) is 6.13. The highest BCUT2D eigenvalue weighted by Crippen LogP contribution is 2.40. The van der Waals surface area contributed by atoms with E-state index in [2.05, 4.69) is 18.7 Å². The molecule has 1 atom stereocenters. The second kappa shape index (κ2) is 11.0. The number of alkyl halides is 2. The van der Waals surface area contributed by atoms with E-state index in [0.29, 0.717) is 11.5 Å². The molecule has 1 aliphatic carbocycles. The molecule has 3 rings (SSSR count). The summed E-state index contributed by atoms with van der Waals surface area (Å²) in [5.74, 6) is -0.126. The van der Waals surface area contributed by atoms with Gasteiger partial charge in [-0.25, -0.2) is 4.39 Å². The Morgan fingerprint density at radius 3 is 2.38 bits per heavy atom. The van der Waals surface area contributed by atoms with Gasteiger partial charge in [0.15, 0.2) is 0 Å². The first-order valence-electron chi connectivity index (χ1n) is 11.5. The smallest absolute Gasteiger partial charge is 0.309 e. The van der Waals surface area contributed by atoms with E-state index in [1.54, 1.807) is 25.1 Å². The molecular weight excluding hydrogens is 409 g/mol. The zero-order valence-corrected chi connectivity index (χ0v) is 19.0. The summed E-state index contributed by atoms with van der Waals surface area (Å²) in [4.78, 5) is 0. The maximum Gasteiger partial charge on any atom is 0.386 e. The number of ether oxygens (including phenoxy) is 1. The SMILES string of the molecule is C=CCCc1ccc(C(C)OC(F)(F)c2ccc(C3CCC(/C=C/C)CC3)cc2F)cc1. The summed E-state index contributed by atoms with van der Waals surface area (Å²) >= 11 is 0. The summed E-state index contributed by atoms with van der Waals surface area (Å²) in [7, 11) is 0. The summed E-state index contributed by atoms with van der Waals surface area (Å²) < 4.78 is 49.4. The van der Waals surface area contributed by atoms with Crippen LogP contribution in [-0.4, -0.2) is 0 Å². The minimum absolute atomic E-state index is 0.216. The van der Waals surface area contributed by atoms with Crippen molar-refractivity contribution >= 4 is 0 Å². The van der Waals surface area contributed by atoms with E-state index < -0.39 is 23.6 Å². The number of hydrogen-bond donors (Lipinski definition) is 0. The Morgan fingerprint density at radius 1 is 1.09 bits per heavy atom. The Bertz CT molecular complexity index is 909. The van der Waals surface area contributed by atoms with Crippen molar-refractivity contribution in [3.05, 3.63) is 95.3 Å². The van der Waals surface area contributed by atoms with Gasteiger partial charge in [-0.3, -0.25) is 0 Å². The molecule has 0 saturated heterocycles.